The topological polar surface area (TPSA) is 51.0 Å². The molecule has 1 fully saturated rings. The van der Waals surface area contributed by atoms with Crippen molar-refractivity contribution in [2.75, 3.05) is 6.54 Å². The second-order valence-electron chi connectivity index (χ2n) is 7.60. The second kappa shape index (κ2) is 7.97. The number of hydrogen-bond acceptors (Lipinski definition) is 3. The molecule has 0 spiro atoms. The van der Waals surface area contributed by atoms with E-state index in [1.54, 1.807) is 12.4 Å². The first-order chi connectivity index (χ1) is 13.6. The highest BCUT2D eigenvalue weighted by molar-refractivity contribution is 5.80. The molecule has 144 valence electrons. The van der Waals surface area contributed by atoms with Crippen molar-refractivity contribution in [3.8, 4) is 11.1 Å². The smallest absolute Gasteiger partial charge is 0.227 e. The van der Waals surface area contributed by atoms with Crippen LogP contribution in [0.25, 0.3) is 11.1 Å². The van der Waals surface area contributed by atoms with E-state index in [4.69, 9.17) is 5.10 Å². The van der Waals surface area contributed by atoms with Crippen molar-refractivity contribution in [1.82, 2.24) is 19.7 Å². The van der Waals surface area contributed by atoms with Crippen LogP contribution in [-0.2, 0) is 18.3 Å². The molecule has 0 saturated carbocycles. The van der Waals surface area contributed by atoms with Crippen LogP contribution in [0.1, 0.15) is 42.1 Å². The molecule has 0 bridgehead atoms. The molecule has 4 rings (SSSR count). The summed E-state index contributed by atoms with van der Waals surface area (Å²) < 4.78 is 1.85. The van der Waals surface area contributed by atoms with Gasteiger partial charge in [-0.2, -0.15) is 5.10 Å². The molecule has 1 aliphatic heterocycles. The number of aryl methyl sites for hydroxylation is 2. The number of pyridine rings is 1. The van der Waals surface area contributed by atoms with Gasteiger partial charge in [0.2, 0.25) is 5.91 Å². The summed E-state index contributed by atoms with van der Waals surface area (Å²) >= 11 is 0. The number of rotatable bonds is 4. The van der Waals surface area contributed by atoms with Crippen molar-refractivity contribution >= 4 is 5.91 Å². The molecule has 5 heteroatoms. The summed E-state index contributed by atoms with van der Waals surface area (Å²) in [7, 11) is 1.94. The van der Waals surface area contributed by atoms with Crippen molar-refractivity contribution < 1.29 is 4.79 Å². The van der Waals surface area contributed by atoms with E-state index >= 15 is 0 Å². The van der Waals surface area contributed by atoms with Gasteiger partial charge in [-0.3, -0.25) is 14.5 Å². The lowest BCUT2D eigenvalue weighted by atomic mass is 9.94. The Bertz CT molecular complexity index is 946. The van der Waals surface area contributed by atoms with E-state index in [9.17, 15) is 4.79 Å². The first kappa shape index (κ1) is 18.4. The zero-order valence-electron chi connectivity index (χ0n) is 16.5. The molecule has 3 aromatic rings. The van der Waals surface area contributed by atoms with Crippen LogP contribution >= 0.6 is 0 Å². The molecule has 3 heterocycles. The lowest BCUT2D eigenvalue weighted by molar-refractivity contribution is -0.134. The number of likely N-dealkylation sites (tertiary alicyclic amines) is 1. The van der Waals surface area contributed by atoms with Gasteiger partial charge in [0.1, 0.15) is 0 Å². The molecule has 28 heavy (non-hydrogen) atoms. The minimum atomic E-state index is 0.0241. The van der Waals surface area contributed by atoms with Crippen LogP contribution in [0, 0.1) is 6.92 Å². The van der Waals surface area contributed by atoms with Crippen LogP contribution in [-0.4, -0.2) is 32.1 Å². The maximum atomic E-state index is 13.2. The third-order valence-electron chi connectivity index (χ3n) is 5.46. The Kier molecular flexibility index (Phi) is 5.24. The lowest BCUT2D eigenvalue weighted by Crippen LogP contribution is -2.39. The van der Waals surface area contributed by atoms with Crippen molar-refractivity contribution in [2.24, 2.45) is 7.05 Å². The largest absolute Gasteiger partial charge is 0.334 e. The van der Waals surface area contributed by atoms with E-state index in [0.717, 1.165) is 48.2 Å². The Morgan fingerprint density at radius 3 is 2.61 bits per heavy atom. The van der Waals surface area contributed by atoms with Gasteiger partial charge in [-0.25, -0.2) is 0 Å². The molecule has 0 unspecified atom stereocenters. The zero-order valence-corrected chi connectivity index (χ0v) is 16.5. The predicted octanol–water partition coefficient (Wildman–Crippen LogP) is 4.09. The first-order valence-corrected chi connectivity index (χ1v) is 9.91. The molecular formula is C23H26N4O. The number of nitrogens with zero attached hydrogens (tertiary/aromatic N) is 4. The third-order valence-corrected chi connectivity index (χ3v) is 5.46. The maximum Gasteiger partial charge on any atom is 0.227 e. The Morgan fingerprint density at radius 1 is 1.11 bits per heavy atom. The third kappa shape index (κ3) is 3.84. The highest BCUT2D eigenvalue weighted by atomic mass is 16.2. The molecule has 1 aliphatic rings. The van der Waals surface area contributed by atoms with Gasteiger partial charge in [0, 0.05) is 37.7 Å². The van der Waals surface area contributed by atoms with Crippen LogP contribution in [0.5, 0.6) is 0 Å². The van der Waals surface area contributed by atoms with Crippen molar-refractivity contribution in [3.63, 3.8) is 0 Å². The summed E-state index contributed by atoms with van der Waals surface area (Å²) in [6.45, 7) is 2.86. The average molecular weight is 374 g/mol. The van der Waals surface area contributed by atoms with Gasteiger partial charge in [-0.15, -0.1) is 0 Å². The fourth-order valence-corrected chi connectivity index (χ4v) is 4.00. The number of carbonyl (C=O) groups excluding carboxylic acids is 1. The highest BCUT2D eigenvalue weighted by Crippen LogP contribution is 2.36. The fourth-order valence-electron chi connectivity index (χ4n) is 4.00. The number of amides is 1. The number of piperidine rings is 1. The number of aromatic nitrogens is 3. The number of benzene rings is 1. The van der Waals surface area contributed by atoms with Gasteiger partial charge in [-0.1, -0.05) is 29.8 Å². The highest BCUT2D eigenvalue weighted by Gasteiger charge is 2.31. The quantitative estimate of drug-likeness (QED) is 0.691. The van der Waals surface area contributed by atoms with Crippen molar-refractivity contribution in [1.29, 1.82) is 0 Å². The van der Waals surface area contributed by atoms with Gasteiger partial charge in [0.05, 0.1) is 18.2 Å². The normalized spacial score (nSPS) is 16.9. The first-order valence-electron chi connectivity index (χ1n) is 9.91. The molecule has 0 aliphatic carbocycles. The van der Waals surface area contributed by atoms with Gasteiger partial charge < -0.3 is 4.90 Å². The minimum Gasteiger partial charge on any atom is -0.334 e. The van der Waals surface area contributed by atoms with Crippen LogP contribution < -0.4 is 0 Å². The van der Waals surface area contributed by atoms with Crippen molar-refractivity contribution in [3.05, 3.63) is 71.8 Å². The minimum absolute atomic E-state index is 0.0241. The van der Waals surface area contributed by atoms with Crippen LogP contribution in [0.3, 0.4) is 0 Å². The van der Waals surface area contributed by atoms with E-state index in [0.29, 0.717) is 6.42 Å². The molecule has 1 aromatic carbocycles. The molecule has 0 radical (unpaired) electrons. The van der Waals surface area contributed by atoms with Gasteiger partial charge in [0.15, 0.2) is 0 Å². The second-order valence-corrected chi connectivity index (χ2v) is 7.60. The molecule has 1 amide bonds. The summed E-state index contributed by atoms with van der Waals surface area (Å²) in [5.74, 6) is 0.180. The summed E-state index contributed by atoms with van der Waals surface area (Å²) in [5, 5.41) is 4.76. The summed E-state index contributed by atoms with van der Waals surface area (Å²) in [5.41, 5.74) is 5.45. The van der Waals surface area contributed by atoms with Crippen LogP contribution in [0.15, 0.2) is 55.0 Å². The van der Waals surface area contributed by atoms with E-state index in [2.05, 4.69) is 36.2 Å². The lowest BCUT2D eigenvalue weighted by Gasteiger charge is -2.35. The molecule has 1 atom stereocenters. The van der Waals surface area contributed by atoms with Gasteiger partial charge in [-0.05, 0) is 49.4 Å². The van der Waals surface area contributed by atoms with Gasteiger partial charge in [0.25, 0.3) is 0 Å². The van der Waals surface area contributed by atoms with E-state index in [1.165, 1.54) is 5.56 Å². The average Bonchev–Trinajstić information content (AvgIpc) is 3.12. The van der Waals surface area contributed by atoms with E-state index < -0.39 is 0 Å². The Balaban J connectivity index is 1.63. The van der Waals surface area contributed by atoms with E-state index in [-0.39, 0.29) is 11.9 Å². The summed E-state index contributed by atoms with van der Waals surface area (Å²) in [6.07, 6.45) is 9.20. The van der Waals surface area contributed by atoms with Gasteiger partial charge >= 0.3 is 0 Å². The van der Waals surface area contributed by atoms with Crippen molar-refractivity contribution in [2.45, 2.75) is 38.6 Å². The molecule has 5 nitrogen and oxygen atoms in total. The number of carbonyl (C=O) groups is 1. The molecule has 2 aromatic heterocycles. The predicted molar refractivity (Wildman–Crippen MR) is 110 cm³/mol. The molecule has 0 N–H and O–H groups in total. The standard InChI is InChI=1S/C23H26N4O/c1-17-6-8-18(9-7-17)15-22(28)27-14-4-3-5-21(27)23-20(16-26(2)25-23)19-10-12-24-13-11-19/h6-13,16,21H,3-5,14-15H2,1-2H3/t21-/m1/s1. The van der Waals surface area contributed by atoms with Crippen LogP contribution in [0.4, 0.5) is 0 Å². The Morgan fingerprint density at radius 2 is 1.86 bits per heavy atom. The molecular weight excluding hydrogens is 348 g/mol. The number of hydrogen-bond donors (Lipinski definition) is 0. The van der Waals surface area contributed by atoms with E-state index in [1.807, 2.05) is 35.0 Å². The zero-order chi connectivity index (χ0) is 19.5. The summed E-state index contributed by atoms with van der Waals surface area (Å²) in [4.78, 5) is 19.3. The monoisotopic (exact) mass is 374 g/mol. The van der Waals surface area contributed by atoms with Crippen LogP contribution in [0.2, 0.25) is 0 Å². The molecule has 1 saturated heterocycles. The fraction of sp³-hybridized carbons (Fsp3) is 0.348. The Labute approximate surface area is 166 Å². The SMILES string of the molecule is Cc1ccc(CC(=O)N2CCCC[C@@H]2c2nn(C)cc2-c2ccncc2)cc1. The summed E-state index contributed by atoms with van der Waals surface area (Å²) in [6, 6.07) is 12.3. The maximum absolute atomic E-state index is 13.2. The Hall–Kier alpha value is -2.95.